The molecule has 2 aromatic rings. The third-order valence-electron chi connectivity index (χ3n) is 3.86. The van der Waals surface area contributed by atoms with Crippen molar-refractivity contribution >= 4 is 39.4 Å². The average molecular weight is 433 g/mol. The number of anilines is 1. The van der Waals surface area contributed by atoms with Crippen LogP contribution in [0.4, 0.5) is 5.69 Å². The summed E-state index contributed by atoms with van der Waals surface area (Å²) in [6.07, 6.45) is 0. The fraction of sp³-hybridized carbons (Fsp3) is 0.250. The lowest BCUT2D eigenvalue weighted by Gasteiger charge is -2.18. The molecule has 1 N–H and O–H groups in total. The molecule has 0 heterocycles. The molecule has 0 unspecified atom stereocenters. The molecule has 6 nitrogen and oxygen atoms in total. The van der Waals surface area contributed by atoms with E-state index in [2.05, 4.69) is 21.2 Å². The SMILES string of the molecule is CCN(CC)C(=O)c1ccc(NC(=O)COC(=O)c2cccc(Br)c2)cc1. The number of ether oxygens (including phenoxy) is 1. The van der Waals surface area contributed by atoms with Crippen molar-refractivity contribution in [2.45, 2.75) is 13.8 Å². The Labute approximate surface area is 166 Å². The fourth-order valence-corrected chi connectivity index (χ4v) is 2.82. The van der Waals surface area contributed by atoms with E-state index in [1.807, 2.05) is 13.8 Å². The second-order valence-electron chi connectivity index (χ2n) is 5.69. The van der Waals surface area contributed by atoms with Gasteiger partial charge in [0.05, 0.1) is 5.56 Å². The van der Waals surface area contributed by atoms with Crippen LogP contribution in [0, 0.1) is 0 Å². The second-order valence-corrected chi connectivity index (χ2v) is 6.61. The molecule has 2 amide bonds. The molecule has 0 aromatic heterocycles. The van der Waals surface area contributed by atoms with Gasteiger partial charge in [-0.1, -0.05) is 22.0 Å². The Balaban J connectivity index is 1.88. The van der Waals surface area contributed by atoms with Crippen LogP contribution in [-0.2, 0) is 9.53 Å². The Morgan fingerprint density at radius 2 is 1.67 bits per heavy atom. The summed E-state index contributed by atoms with van der Waals surface area (Å²) in [6.45, 7) is 4.72. The molecule has 0 aliphatic rings. The van der Waals surface area contributed by atoms with Gasteiger partial charge in [-0.2, -0.15) is 0 Å². The van der Waals surface area contributed by atoms with Gasteiger partial charge in [-0.25, -0.2) is 4.79 Å². The molecule has 142 valence electrons. The normalized spacial score (nSPS) is 10.2. The lowest BCUT2D eigenvalue weighted by atomic mass is 10.2. The number of nitrogens with one attached hydrogen (secondary N) is 1. The van der Waals surface area contributed by atoms with Crippen molar-refractivity contribution in [3.63, 3.8) is 0 Å². The van der Waals surface area contributed by atoms with Crippen LogP contribution in [0.3, 0.4) is 0 Å². The molecule has 0 saturated heterocycles. The number of amides is 2. The minimum atomic E-state index is -0.577. The number of halogens is 1. The predicted molar refractivity (Wildman–Crippen MR) is 107 cm³/mol. The molecule has 27 heavy (non-hydrogen) atoms. The van der Waals surface area contributed by atoms with Gasteiger partial charge in [-0.15, -0.1) is 0 Å². The Kier molecular flexibility index (Phi) is 7.55. The lowest BCUT2D eigenvalue weighted by molar-refractivity contribution is -0.119. The predicted octanol–water partition coefficient (Wildman–Crippen LogP) is 3.73. The molecule has 2 rings (SSSR count). The zero-order chi connectivity index (χ0) is 19.8. The van der Waals surface area contributed by atoms with Crippen molar-refractivity contribution < 1.29 is 19.1 Å². The third-order valence-corrected chi connectivity index (χ3v) is 4.35. The Bertz CT molecular complexity index is 817. The van der Waals surface area contributed by atoms with Gasteiger partial charge in [0.25, 0.3) is 11.8 Å². The molecule has 0 saturated carbocycles. The van der Waals surface area contributed by atoms with Crippen LogP contribution in [-0.4, -0.2) is 42.4 Å². The van der Waals surface area contributed by atoms with Gasteiger partial charge in [0.2, 0.25) is 0 Å². The fourth-order valence-electron chi connectivity index (χ4n) is 2.42. The minimum Gasteiger partial charge on any atom is -0.452 e. The van der Waals surface area contributed by atoms with E-state index in [9.17, 15) is 14.4 Å². The summed E-state index contributed by atoms with van der Waals surface area (Å²) in [4.78, 5) is 37.9. The first-order valence-corrected chi connectivity index (χ1v) is 9.35. The van der Waals surface area contributed by atoms with Crippen molar-refractivity contribution in [1.82, 2.24) is 4.90 Å². The summed E-state index contributed by atoms with van der Waals surface area (Å²) in [7, 11) is 0. The van der Waals surface area contributed by atoms with Gasteiger partial charge in [0.15, 0.2) is 6.61 Å². The second kappa shape index (κ2) is 9.87. The molecule has 2 aromatic carbocycles. The van der Waals surface area contributed by atoms with Crippen molar-refractivity contribution in [1.29, 1.82) is 0 Å². The lowest BCUT2D eigenvalue weighted by Crippen LogP contribution is -2.30. The highest BCUT2D eigenvalue weighted by molar-refractivity contribution is 9.10. The molecule has 0 bridgehead atoms. The molecule has 0 fully saturated rings. The number of esters is 1. The molecule has 0 atom stereocenters. The summed E-state index contributed by atoms with van der Waals surface area (Å²) in [5.41, 5.74) is 1.43. The van der Waals surface area contributed by atoms with Crippen LogP contribution in [0.2, 0.25) is 0 Å². The van der Waals surface area contributed by atoms with Crippen LogP contribution < -0.4 is 5.32 Å². The maximum atomic E-state index is 12.3. The van der Waals surface area contributed by atoms with Gasteiger partial charge in [0.1, 0.15) is 0 Å². The van der Waals surface area contributed by atoms with Crippen molar-refractivity contribution in [3.8, 4) is 0 Å². The maximum Gasteiger partial charge on any atom is 0.338 e. The summed E-state index contributed by atoms with van der Waals surface area (Å²) < 4.78 is 5.76. The molecular formula is C20H21BrN2O4. The van der Waals surface area contributed by atoms with Crippen LogP contribution in [0.1, 0.15) is 34.6 Å². The maximum absolute atomic E-state index is 12.3. The Morgan fingerprint density at radius 3 is 2.26 bits per heavy atom. The zero-order valence-corrected chi connectivity index (χ0v) is 16.8. The summed E-state index contributed by atoms with van der Waals surface area (Å²) >= 11 is 3.27. The number of hydrogen-bond donors (Lipinski definition) is 1. The Hall–Kier alpha value is -2.67. The van der Waals surface area contributed by atoms with Gasteiger partial charge in [-0.05, 0) is 56.3 Å². The standard InChI is InChI=1S/C20H21BrN2O4/c1-3-23(4-2)19(25)14-8-10-17(11-9-14)22-18(24)13-27-20(26)15-6-5-7-16(21)12-15/h5-12H,3-4,13H2,1-2H3,(H,22,24). The molecule has 7 heteroatoms. The van der Waals surface area contributed by atoms with E-state index in [0.29, 0.717) is 29.9 Å². The quantitative estimate of drug-likeness (QED) is 0.676. The number of hydrogen-bond acceptors (Lipinski definition) is 4. The highest BCUT2D eigenvalue weighted by Crippen LogP contribution is 2.13. The topological polar surface area (TPSA) is 75.7 Å². The van der Waals surface area contributed by atoms with Crippen LogP contribution in [0.15, 0.2) is 53.0 Å². The van der Waals surface area contributed by atoms with E-state index in [1.54, 1.807) is 53.4 Å². The van der Waals surface area contributed by atoms with Crippen LogP contribution >= 0.6 is 15.9 Å². The number of carbonyl (C=O) groups is 3. The molecule has 0 aliphatic heterocycles. The molecule has 0 radical (unpaired) electrons. The smallest absolute Gasteiger partial charge is 0.338 e. The summed E-state index contributed by atoms with van der Waals surface area (Å²) in [5, 5.41) is 2.63. The minimum absolute atomic E-state index is 0.0548. The van der Waals surface area contributed by atoms with E-state index >= 15 is 0 Å². The van der Waals surface area contributed by atoms with Crippen molar-refractivity contribution in [2.24, 2.45) is 0 Å². The third kappa shape index (κ3) is 5.92. The average Bonchev–Trinajstić information content (AvgIpc) is 2.67. The summed E-state index contributed by atoms with van der Waals surface area (Å²) in [6, 6.07) is 13.3. The Morgan fingerprint density at radius 1 is 1.00 bits per heavy atom. The number of nitrogens with zero attached hydrogens (tertiary/aromatic N) is 1. The van der Waals surface area contributed by atoms with Crippen LogP contribution in [0.25, 0.3) is 0 Å². The van der Waals surface area contributed by atoms with Gasteiger partial charge in [-0.3, -0.25) is 9.59 Å². The number of benzene rings is 2. The molecule has 0 spiro atoms. The van der Waals surface area contributed by atoms with Gasteiger partial charge >= 0.3 is 5.97 Å². The highest BCUT2D eigenvalue weighted by atomic mass is 79.9. The van der Waals surface area contributed by atoms with Gasteiger partial charge in [0, 0.05) is 28.8 Å². The van der Waals surface area contributed by atoms with Crippen molar-refractivity contribution in [3.05, 3.63) is 64.1 Å². The van der Waals surface area contributed by atoms with E-state index in [0.717, 1.165) is 4.47 Å². The first-order valence-electron chi connectivity index (χ1n) is 8.56. The largest absolute Gasteiger partial charge is 0.452 e. The zero-order valence-electron chi connectivity index (χ0n) is 15.2. The first-order chi connectivity index (χ1) is 12.9. The van der Waals surface area contributed by atoms with E-state index in [1.165, 1.54) is 0 Å². The van der Waals surface area contributed by atoms with E-state index in [4.69, 9.17) is 4.74 Å². The summed E-state index contributed by atoms with van der Waals surface area (Å²) in [5.74, 6) is -1.09. The first kappa shape index (κ1) is 20.6. The highest BCUT2D eigenvalue weighted by Gasteiger charge is 2.13. The monoisotopic (exact) mass is 432 g/mol. The van der Waals surface area contributed by atoms with E-state index < -0.39 is 18.5 Å². The number of carbonyl (C=O) groups excluding carboxylic acids is 3. The van der Waals surface area contributed by atoms with Gasteiger partial charge < -0.3 is 15.0 Å². The molecule has 0 aliphatic carbocycles. The van der Waals surface area contributed by atoms with Crippen molar-refractivity contribution in [2.75, 3.05) is 25.0 Å². The van der Waals surface area contributed by atoms with Crippen LogP contribution in [0.5, 0.6) is 0 Å². The number of rotatable bonds is 7. The molecular weight excluding hydrogens is 412 g/mol. The van der Waals surface area contributed by atoms with E-state index in [-0.39, 0.29) is 5.91 Å².